The summed E-state index contributed by atoms with van der Waals surface area (Å²) in [5.74, 6) is -0.452. The Morgan fingerprint density at radius 3 is 2.54 bits per heavy atom. The Bertz CT molecular complexity index is 2020. The molecule has 0 saturated carbocycles. The summed E-state index contributed by atoms with van der Waals surface area (Å²) in [5.41, 5.74) is 5.95. The van der Waals surface area contributed by atoms with Crippen molar-refractivity contribution in [3.63, 3.8) is 0 Å². The predicted octanol–water partition coefficient (Wildman–Crippen LogP) is 4.24. The van der Waals surface area contributed by atoms with Crippen LogP contribution in [0.5, 0.6) is 0 Å². The highest BCUT2D eigenvalue weighted by molar-refractivity contribution is 5.93. The number of halogens is 1. The third kappa shape index (κ3) is 6.27. The van der Waals surface area contributed by atoms with E-state index in [0.29, 0.717) is 53.5 Å². The van der Waals surface area contributed by atoms with Crippen molar-refractivity contribution in [2.75, 3.05) is 18.0 Å². The number of pyridine rings is 1. The molecule has 1 fully saturated rings. The number of piperidine rings is 1. The minimum absolute atomic E-state index is 0.0713. The molecule has 0 unspecified atom stereocenters. The molecule has 6 rings (SSSR count). The molecule has 1 saturated heterocycles. The van der Waals surface area contributed by atoms with E-state index in [4.69, 9.17) is 10.2 Å². The zero-order chi connectivity index (χ0) is 32.0. The number of anilines is 1. The summed E-state index contributed by atoms with van der Waals surface area (Å²) in [4.78, 5) is 26.4. The second kappa shape index (κ2) is 13.3. The number of nitriles is 2. The number of H-pyrrole nitrogens is 1. The van der Waals surface area contributed by atoms with Crippen molar-refractivity contribution < 1.29 is 14.4 Å². The van der Waals surface area contributed by atoms with Crippen LogP contribution < -0.4 is 15.7 Å². The van der Waals surface area contributed by atoms with E-state index in [-0.39, 0.29) is 11.6 Å². The van der Waals surface area contributed by atoms with E-state index >= 15 is 0 Å². The third-order valence-electron chi connectivity index (χ3n) is 7.91. The number of hydrogen-bond donors (Lipinski definition) is 4. The maximum atomic E-state index is 14.9. The molecule has 5 aromatic rings. The SMILES string of the molecule is N#Cc1ccc(-c2c(-c3ccc4cn[nH]c4c3)cnc(N3CCC(NCc4cnc(/C=C/C(=O)NO)nc4)CC3)c2C#N)cc1F. The molecule has 1 aliphatic rings. The van der Waals surface area contributed by atoms with Gasteiger partial charge in [-0.3, -0.25) is 15.1 Å². The normalized spacial score (nSPS) is 13.5. The van der Waals surface area contributed by atoms with E-state index in [2.05, 4.69) is 36.5 Å². The Balaban J connectivity index is 1.22. The number of rotatable bonds is 8. The number of hydrogen-bond acceptors (Lipinski definition) is 10. The van der Waals surface area contributed by atoms with Gasteiger partial charge in [0.1, 0.15) is 29.3 Å². The molecular weight excluding hydrogens is 587 g/mol. The zero-order valence-electron chi connectivity index (χ0n) is 24.4. The van der Waals surface area contributed by atoms with Crippen LogP contribution in [-0.2, 0) is 11.3 Å². The van der Waals surface area contributed by atoms with Gasteiger partial charge in [0.2, 0.25) is 0 Å². The van der Waals surface area contributed by atoms with E-state index in [1.807, 2.05) is 24.3 Å². The largest absolute Gasteiger partial charge is 0.355 e. The lowest BCUT2D eigenvalue weighted by Crippen LogP contribution is -2.43. The molecule has 0 spiro atoms. The first-order valence-electron chi connectivity index (χ1n) is 14.5. The van der Waals surface area contributed by atoms with Crippen LogP contribution in [0.25, 0.3) is 39.2 Å². The average molecular weight is 615 g/mol. The molecule has 4 heterocycles. The van der Waals surface area contributed by atoms with Gasteiger partial charge < -0.3 is 10.2 Å². The summed E-state index contributed by atoms with van der Waals surface area (Å²) in [6.07, 6.45) is 10.9. The minimum atomic E-state index is -0.666. The molecule has 0 bridgehead atoms. The minimum Gasteiger partial charge on any atom is -0.355 e. The van der Waals surface area contributed by atoms with Crippen molar-refractivity contribution in [1.29, 1.82) is 10.5 Å². The first kappa shape index (κ1) is 30.0. The van der Waals surface area contributed by atoms with Gasteiger partial charge in [-0.05, 0) is 48.2 Å². The molecular formula is C33H27FN10O2. The van der Waals surface area contributed by atoms with Crippen molar-refractivity contribution in [2.45, 2.75) is 25.4 Å². The maximum Gasteiger partial charge on any atom is 0.267 e. The van der Waals surface area contributed by atoms with Crippen LogP contribution in [0.1, 0.15) is 35.4 Å². The summed E-state index contributed by atoms with van der Waals surface area (Å²) >= 11 is 0. The molecule has 0 radical (unpaired) electrons. The fourth-order valence-corrected chi connectivity index (χ4v) is 5.52. The lowest BCUT2D eigenvalue weighted by Gasteiger charge is -2.34. The molecule has 13 heteroatoms. The van der Waals surface area contributed by atoms with Gasteiger partial charge in [-0.1, -0.05) is 18.2 Å². The van der Waals surface area contributed by atoms with Gasteiger partial charge in [0.15, 0.2) is 5.82 Å². The first-order chi connectivity index (χ1) is 22.5. The van der Waals surface area contributed by atoms with Gasteiger partial charge in [-0.15, -0.1) is 0 Å². The number of aromatic nitrogens is 5. The third-order valence-corrected chi connectivity index (χ3v) is 7.91. The Hall–Kier alpha value is -6.02. The summed E-state index contributed by atoms with van der Waals surface area (Å²) in [6, 6.07) is 14.6. The summed E-state index contributed by atoms with van der Waals surface area (Å²) in [7, 11) is 0. The Labute approximate surface area is 262 Å². The van der Waals surface area contributed by atoms with Gasteiger partial charge in [0, 0.05) is 72.4 Å². The second-order valence-corrected chi connectivity index (χ2v) is 10.7. The van der Waals surface area contributed by atoms with Gasteiger partial charge in [0.05, 0.1) is 17.3 Å². The fraction of sp³-hybridized carbons (Fsp3) is 0.182. The molecule has 4 N–H and O–H groups in total. The first-order valence-corrected chi connectivity index (χ1v) is 14.5. The molecule has 0 atom stereocenters. The molecule has 3 aromatic heterocycles. The van der Waals surface area contributed by atoms with Crippen LogP contribution >= 0.6 is 0 Å². The molecule has 0 aliphatic carbocycles. The van der Waals surface area contributed by atoms with Crippen LogP contribution in [-0.4, -0.2) is 55.4 Å². The van der Waals surface area contributed by atoms with Crippen molar-refractivity contribution in [2.24, 2.45) is 0 Å². The molecule has 46 heavy (non-hydrogen) atoms. The molecule has 228 valence electrons. The standard InChI is InChI=1S/C33H27FN10O2/c34-28-11-22(2-3-23(28)13-35)32-26(14-36)33(40-19-27(32)21-1-4-24-18-41-42-29(24)12-21)44-9-7-25(8-10-44)37-15-20-16-38-30(39-17-20)5-6-31(45)43-46/h1-6,11-12,16-19,25,37,46H,7-10,15H2,(H,41,42)(H,43,45)/b6-5+. The number of nitrogens with zero attached hydrogens (tertiary/aromatic N) is 7. The number of hydroxylamine groups is 1. The molecule has 1 amide bonds. The average Bonchev–Trinajstić information content (AvgIpc) is 3.58. The highest BCUT2D eigenvalue weighted by atomic mass is 19.1. The lowest BCUT2D eigenvalue weighted by molar-refractivity contribution is -0.124. The van der Waals surface area contributed by atoms with Gasteiger partial charge in [0.25, 0.3) is 5.91 Å². The van der Waals surface area contributed by atoms with Gasteiger partial charge >= 0.3 is 0 Å². The van der Waals surface area contributed by atoms with Crippen molar-refractivity contribution >= 4 is 28.7 Å². The Morgan fingerprint density at radius 2 is 1.83 bits per heavy atom. The number of carbonyl (C=O) groups is 1. The summed E-state index contributed by atoms with van der Waals surface area (Å²) in [5, 5.41) is 39.9. The fourth-order valence-electron chi connectivity index (χ4n) is 5.52. The summed E-state index contributed by atoms with van der Waals surface area (Å²) < 4.78 is 14.9. The molecule has 1 aliphatic heterocycles. The van der Waals surface area contributed by atoms with Crippen molar-refractivity contribution in [3.05, 3.63) is 95.6 Å². The number of nitrogens with one attached hydrogen (secondary N) is 3. The van der Waals surface area contributed by atoms with Crippen LogP contribution in [0.2, 0.25) is 0 Å². The highest BCUT2D eigenvalue weighted by Gasteiger charge is 2.26. The highest BCUT2D eigenvalue weighted by Crippen LogP contribution is 2.40. The predicted molar refractivity (Wildman–Crippen MR) is 167 cm³/mol. The number of aromatic amines is 1. The number of carbonyl (C=O) groups excluding carboxylic acids is 1. The van der Waals surface area contributed by atoms with E-state index in [9.17, 15) is 19.7 Å². The topological polar surface area (TPSA) is 180 Å². The van der Waals surface area contributed by atoms with Gasteiger partial charge in [-0.25, -0.2) is 24.8 Å². The Morgan fingerprint density at radius 1 is 1.04 bits per heavy atom. The maximum absolute atomic E-state index is 14.9. The van der Waals surface area contributed by atoms with Crippen LogP contribution in [0.15, 0.2) is 67.3 Å². The summed E-state index contributed by atoms with van der Waals surface area (Å²) in [6.45, 7) is 1.84. The van der Waals surface area contributed by atoms with Gasteiger partial charge in [-0.2, -0.15) is 15.6 Å². The molecule has 2 aromatic carbocycles. The number of amides is 1. The van der Waals surface area contributed by atoms with Crippen LogP contribution in [0.3, 0.4) is 0 Å². The van der Waals surface area contributed by atoms with E-state index < -0.39 is 11.7 Å². The number of benzene rings is 2. The lowest BCUT2D eigenvalue weighted by atomic mass is 9.91. The van der Waals surface area contributed by atoms with Crippen molar-refractivity contribution in [3.8, 4) is 34.4 Å². The van der Waals surface area contributed by atoms with Crippen LogP contribution in [0.4, 0.5) is 10.2 Å². The zero-order valence-corrected chi connectivity index (χ0v) is 24.4. The second-order valence-electron chi connectivity index (χ2n) is 10.7. The van der Waals surface area contributed by atoms with Crippen molar-refractivity contribution in [1.82, 2.24) is 35.9 Å². The molecule has 12 nitrogen and oxygen atoms in total. The quantitative estimate of drug-likeness (QED) is 0.112. The van der Waals surface area contributed by atoms with E-state index in [0.717, 1.165) is 40.9 Å². The van der Waals surface area contributed by atoms with E-state index in [1.54, 1.807) is 30.9 Å². The Kier molecular flexibility index (Phi) is 8.69. The number of fused-ring (bicyclic) bond motifs is 1. The van der Waals surface area contributed by atoms with Crippen LogP contribution in [0, 0.1) is 28.5 Å². The van der Waals surface area contributed by atoms with E-state index in [1.165, 1.54) is 23.7 Å². The monoisotopic (exact) mass is 614 g/mol. The smallest absolute Gasteiger partial charge is 0.267 e.